The second kappa shape index (κ2) is 7.08. The zero-order valence-electron chi connectivity index (χ0n) is 13.7. The Morgan fingerprint density at radius 1 is 0.909 bits per heavy atom. The van der Waals surface area contributed by atoms with Gasteiger partial charge < -0.3 is 10.2 Å². The van der Waals surface area contributed by atoms with Crippen molar-refractivity contribution in [2.24, 2.45) is 0 Å². The number of hydrogen-bond acceptors (Lipinski definition) is 2. The summed E-state index contributed by atoms with van der Waals surface area (Å²) in [7, 11) is 4.27. The predicted molar refractivity (Wildman–Crippen MR) is 93.3 cm³/mol. The van der Waals surface area contributed by atoms with Crippen molar-refractivity contribution in [2.45, 2.75) is 25.3 Å². The lowest BCUT2D eigenvalue weighted by atomic mass is 9.94. The standard InChI is InChI=1S/C20H26N2/c1-22(2)15-7-14-21-20-18-10-5-3-8-16(18)12-13-17-9-4-6-11-19(17)20/h3-6,8-11,20-21H,7,12-15H2,1-2H3. The van der Waals surface area contributed by atoms with E-state index >= 15 is 0 Å². The highest BCUT2D eigenvalue weighted by Gasteiger charge is 2.22. The van der Waals surface area contributed by atoms with Crippen LogP contribution in [0.3, 0.4) is 0 Å². The van der Waals surface area contributed by atoms with E-state index in [0.29, 0.717) is 6.04 Å². The molecule has 0 saturated carbocycles. The molecule has 2 aromatic rings. The number of aryl methyl sites for hydroxylation is 2. The van der Waals surface area contributed by atoms with E-state index in [-0.39, 0.29) is 0 Å². The minimum absolute atomic E-state index is 0.331. The lowest BCUT2D eigenvalue weighted by Crippen LogP contribution is -2.27. The number of benzene rings is 2. The molecule has 0 spiro atoms. The van der Waals surface area contributed by atoms with Crippen molar-refractivity contribution in [1.29, 1.82) is 0 Å². The predicted octanol–water partition coefficient (Wildman–Crippen LogP) is 3.42. The third kappa shape index (κ3) is 3.40. The van der Waals surface area contributed by atoms with Gasteiger partial charge in [-0.15, -0.1) is 0 Å². The van der Waals surface area contributed by atoms with Gasteiger partial charge in [0, 0.05) is 0 Å². The quantitative estimate of drug-likeness (QED) is 0.850. The molecule has 2 nitrogen and oxygen atoms in total. The van der Waals surface area contributed by atoms with Gasteiger partial charge >= 0.3 is 0 Å². The smallest absolute Gasteiger partial charge is 0.0582 e. The summed E-state index contributed by atoms with van der Waals surface area (Å²) in [5, 5.41) is 3.80. The Morgan fingerprint density at radius 2 is 1.45 bits per heavy atom. The summed E-state index contributed by atoms with van der Waals surface area (Å²) in [5.41, 5.74) is 5.89. The van der Waals surface area contributed by atoms with E-state index in [1.807, 2.05) is 0 Å². The first kappa shape index (κ1) is 15.3. The van der Waals surface area contributed by atoms with Gasteiger partial charge in [-0.25, -0.2) is 0 Å². The molecular formula is C20H26N2. The summed E-state index contributed by atoms with van der Waals surface area (Å²) in [5.74, 6) is 0. The van der Waals surface area contributed by atoms with Gasteiger partial charge in [-0.3, -0.25) is 0 Å². The van der Waals surface area contributed by atoms with Gasteiger partial charge in [-0.1, -0.05) is 48.5 Å². The maximum absolute atomic E-state index is 3.80. The summed E-state index contributed by atoms with van der Waals surface area (Å²) in [6.07, 6.45) is 3.46. The molecule has 0 saturated heterocycles. The molecule has 2 heteroatoms. The number of fused-ring (bicyclic) bond motifs is 2. The fraction of sp³-hybridized carbons (Fsp3) is 0.400. The van der Waals surface area contributed by atoms with E-state index in [0.717, 1.165) is 25.9 Å². The van der Waals surface area contributed by atoms with E-state index in [1.165, 1.54) is 28.7 Å². The van der Waals surface area contributed by atoms with Crippen molar-refractivity contribution in [3.63, 3.8) is 0 Å². The molecule has 116 valence electrons. The normalized spacial score (nSPS) is 14.5. The van der Waals surface area contributed by atoms with Gasteiger partial charge in [0.15, 0.2) is 0 Å². The highest BCUT2D eigenvalue weighted by Crippen LogP contribution is 2.32. The van der Waals surface area contributed by atoms with E-state index in [2.05, 4.69) is 72.8 Å². The molecule has 22 heavy (non-hydrogen) atoms. The average Bonchev–Trinajstić information content (AvgIpc) is 2.69. The molecule has 0 aliphatic heterocycles. The van der Waals surface area contributed by atoms with Crippen LogP contribution in [0.15, 0.2) is 48.5 Å². The Bertz CT molecular complexity index is 571. The van der Waals surface area contributed by atoms with Crippen molar-refractivity contribution in [3.05, 3.63) is 70.8 Å². The maximum atomic E-state index is 3.80. The van der Waals surface area contributed by atoms with Crippen molar-refractivity contribution in [2.75, 3.05) is 27.2 Å². The summed E-state index contributed by atoms with van der Waals surface area (Å²) in [4.78, 5) is 2.25. The molecule has 1 N–H and O–H groups in total. The molecule has 0 radical (unpaired) electrons. The number of rotatable bonds is 5. The largest absolute Gasteiger partial charge is 0.309 e. The van der Waals surface area contributed by atoms with E-state index in [4.69, 9.17) is 0 Å². The Morgan fingerprint density at radius 3 is 2.00 bits per heavy atom. The third-order valence-electron chi connectivity index (χ3n) is 4.53. The zero-order valence-corrected chi connectivity index (χ0v) is 13.7. The summed E-state index contributed by atoms with van der Waals surface area (Å²) in [6.45, 7) is 2.18. The van der Waals surface area contributed by atoms with Gasteiger partial charge in [-0.2, -0.15) is 0 Å². The van der Waals surface area contributed by atoms with Crippen molar-refractivity contribution >= 4 is 0 Å². The van der Waals surface area contributed by atoms with Gasteiger partial charge in [-0.05, 0) is 68.7 Å². The zero-order chi connectivity index (χ0) is 15.4. The first-order valence-corrected chi connectivity index (χ1v) is 8.29. The molecule has 0 amide bonds. The van der Waals surface area contributed by atoms with E-state index in [9.17, 15) is 0 Å². The number of nitrogens with zero attached hydrogens (tertiary/aromatic N) is 1. The molecular weight excluding hydrogens is 268 g/mol. The Labute approximate surface area is 134 Å². The maximum Gasteiger partial charge on any atom is 0.0582 e. The van der Waals surface area contributed by atoms with Gasteiger partial charge in [0.05, 0.1) is 6.04 Å². The van der Waals surface area contributed by atoms with Gasteiger partial charge in [0.25, 0.3) is 0 Å². The molecule has 2 aromatic carbocycles. The Kier molecular flexibility index (Phi) is 4.91. The summed E-state index contributed by atoms with van der Waals surface area (Å²) < 4.78 is 0. The van der Waals surface area contributed by atoms with Crippen LogP contribution in [0.5, 0.6) is 0 Å². The van der Waals surface area contributed by atoms with Crippen molar-refractivity contribution < 1.29 is 0 Å². The fourth-order valence-electron chi connectivity index (χ4n) is 3.39. The molecule has 0 heterocycles. The molecule has 0 unspecified atom stereocenters. The van der Waals surface area contributed by atoms with Crippen LogP contribution in [-0.2, 0) is 12.8 Å². The Balaban J connectivity index is 1.85. The second-order valence-corrected chi connectivity index (χ2v) is 6.44. The fourth-order valence-corrected chi connectivity index (χ4v) is 3.39. The molecule has 3 rings (SSSR count). The lowest BCUT2D eigenvalue weighted by Gasteiger charge is -2.22. The first-order chi connectivity index (χ1) is 10.8. The van der Waals surface area contributed by atoms with Crippen LogP contribution in [0.2, 0.25) is 0 Å². The molecule has 0 fully saturated rings. The molecule has 1 aliphatic rings. The molecule has 0 atom stereocenters. The number of nitrogens with one attached hydrogen (secondary N) is 1. The highest BCUT2D eigenvalue weighted by molar-refractivity contribution is 5.44. The monoisotopic (exact) mass is 294 g/mol. The topological polar surface area (TPSA) is 15.3 Å². The van der Waals surface area contributed by atoms with E-state index < -0.39 is 0 Å². The van der Waals surface area contributed by atoms with Crippen LogP contribution in [0.4, 0.5) is 0 Å². The van der Waals surface area contributed by atoms with Crippen molar-refractivity contribution in [1.82, 2.24) is 10.2 Å². The lowest BCUT2D eigenvalue weighted by molar-refractivity contribution is 0.391. The average molecular weight is 294 g/mol. The first-order valence-electron chi connectivity index (χ1n) is 8.29. The summed E-state index contributed by atoms with van der Waals surface area (Å²) in [6, 6.07) is 18.2. The van der Waals surface area contributed by atoms with E-state index in [1.54, 1.807) is 0 Å². The summed E-state index contributed by atoms with van der Waals surface area (Å²) >= 11 is 0. The third-order valence-corrected chi connectivity index (χ3v) is 4.53. The highest BCUT2D eigenvalue weighted by atomic mass is 15.1. The molecule has 0 aromatic heterocycles. The molecule has 0 bridgehead atoms. The second-order valence-electron chi connectivity index (χ2n) is 6.44. The van der Waals surface area contributed by atoms with Crippen molar-refractivity contribution in [3.8, 4) is 0 Å². The molecule has 1 aliphatic carbocycles. The Hall–Kier alpha value is -1.64. The van der Waals surface area contributed by atoms with Crippen LogP contribution < -0.4 is 5.32 Å². The van der Waals surface area contributed by atoms with Crippen LogP contribution >= 0.6 is 0 Å². The van der Waals surface area contributed by atoms with Crippen LogP contribution in [0, 0.1) is 0 Å². The van der Waals surface area contributed by atoms with Crippen LogP contribution in [0.1, 0.15) is 34.7 Å². The van der Waals surface area contributed by atoms with Gasteiger partial charge in [0.1, 0.15) is 0 Å². The number of hydrogen-bond donors (Lipinski definition) is 1. The van der Waals surface area contributed by atoms with Crippen LogP contribution in [0.25, 0.3) is 0 Å². The minimum atomic E-state index is 0.331. The minimum Gasteiger partial charge on any atom is -0.309 e. The van der Waals surface area contributed by atoms with Crippen LogP contribution in [-0.4, -0.2) is 32.1 Å². The SMILES string of the molecule is CN(C)CCCNC1c2ccccc2CCc2ccccc21. The van der Waals surface area contributed by atoms with Gasteiger partial charge in [0.2, 0.25) is 0 Å².